The Balaban J connectivity index is 1.77. The molecule has 1 atom stereocenters. The van der Waals surface area contributed by atoms with Gasteiger partial charge in [-0.1, -0.05) is 30.3 Å². The summed E-state index contributed by atoms with van der Waals surface area (Å²) in [4.78, 5) is 23.3. The van der Waals surface area contributed by atoms with Gasteiger partial charge in [0.05, 0.1) is 10.9 Å². The molecule has 0 spiro atoms. The van der Waals surface area contributed by atoms with Crippen molar-refractivity contribution in [1.29, 1.82) is 0 Å². The summed E-state index contributed by atoms with van der Waals surface area (Å²) >= 11 is 0. The van der Waals surface area contributed by atoms with Crippen molar-refractivity contribution in [1.82, 2.24) is 10.0 Å². The molecule has 9 heteroatoms. The second-order valence-electron chi connectivity index (χ2n) is 5.64. The largest absolute Gasteiger partial charge is 0.455 e. The molecule has 27 heavy (non-hydrogen) atoms. The first-order valence-electron chi connectivity index (χ1n) is 8.03. The highest BCUT2D eigenvalue weighted by molar-refractivity contribution is 7.89. The molecule has 144 valence electrons. The zero-order chi connectivity index (χ0) is 19.9. The number of carbonyl (C=O) groups is 2. The fourth-order valence-corrected chi connectivity index (χ4v) is 3.13. The number of amides is 1. The van der Waals surface area contributed by atoms with Crippen LogP contribution in [-0.2, 0) is 24.3 Å². The van der Waals surface area contributed by atoms with Crippen LogP contribution in [0.5, 0.6) is 0 Å². The van der Waals surface area contributed by atoms with E-state index in [1.54, 1.807) is 6.92 Å². The summed E-state index contributed by atoms with van der Waals surface area (Å²) in [5, 5.41) is 2.66. The quantitative estimate of drug-likeness (QED) is 0.661. The number of carbonyl (C=O) groups excluding carboxylic acids is 2. The molecule has 0 fully saturated rings. The van der Waals surface area contributed by atoms with Crippen molar-refractivity contribution in [2.45, 2.75) is 17.9 Å². The van der Waals surface area contributed by atoms with E-state index in [2.05, 4.69) is 5.32 Å². The molecule has 0 saturated carbocycles. The number of ether oxygens (including phenoxy) is 1. The van der Waals surface area contributed by atoms with Gasteiger partial charge in [-0.05, 0) is 36.8 Å². The zero-order valence-electron chi connectivity index (χ0n) is 14.5. The standard InChI is InChI=1S/C18H19FN2O5S/c1-13(14-5-3-2-4-6-14)21-17(22)12-26-18(23)11-20-27(24,25)16-9-7-15(19)8-10-16/h2-10,13,20H,11-12H2,1H3,(H,21,22)/t13-/m1/s1. The third-order valence-corrected chi connectivity index (χ3v) is 4.99. The second kappa shape index (κ2) is 9.24. The molecule has 0 bridgehead atoms. The topological polar surface area (TPSA) is 102 Å². The van der Waals surface area contributed by atoms with Crippen LogP contribution >= 0.6 is 0 Å². The molecule has 0 aliphatic rings. The Morgan fingerprint density at radius 2 is 1.70 bits per heavy atom. The van der Waals surface area contributed by atoms with E-state index in [-0.39, 0.29) is 10.9 Å². The summed E-state index contributed by atoms with van der Waals surface area (Å²) in [6.07, 6.45) is 0. The van der Waals surface area contributed by atoms with Crippen molar-refractivity contribution in [3.05, 3.63) is 66.0 Å². The Morgan fingerprint density at radius 1 is 1.07 bits per heavy atom. The minimum Gasteiger partial charge on any atom is -0.455 e. The molecule has 0 aliphatic heterocycles. The number of halogens is 1. The molecule has 0 heterocycles. The lowest BCUT2D eigenvalue weighted by Crippen LogP contribution is -2.34. The predicted octanol–water partition coefficient (Wildman–Crippen LogP) is 1.52. The molecule has 0 unspecified atom stereocenters. The van der Waals surface area contributed by atoms with Crippen LogP contribution in [-0.4, -0.2) is 33.4 Å². The molecule has 2 aromatic rings. The summed E-state index contributed by atoms with van der Waals surface area (Å²) in [6, 6.07) is 13.1. The fraction of sp³-hybridized carbons (Fsp3) is 0.222. The van der Waals surface area contributed by atoms with Gasteiger partial charge in [-0.2, -0.15) is 4.72 Å². The van der Waals surface area contributed by atoms with Crippen LogP contribution < -0.4 is 10.0 Å². The highest BCUT2D eigenvalue weighted by atomic mass is 32.2. The van der Waals surface area contributed by atoms with Crippen LogP contribution in [0.1, 0.15) is 18.5 Å². The lowest BCUT2D eigenvalue weighted by atomic mass is 10.1. The van der Waals surface area contributed by atoms with Gasteiger partial charge in [0.25, 0.3) is 5.91 Å². The molecular weight excluding hydrogens is 375 g/mol. The minimum absolute atomic E-state index is 0.189. The number of rotatable bonds is 8. The van der Waals surface area contributed by atoms with E-state index in [0.717, 1.165) is 29.8 Å². The van der Waals surface area contributed by atoms with E-state index in [1.807, 2.05) is 35.1 Å². The molecule has 2 N–H and O–H groups in total. The average molecular weight is 394 g/mol. The highest BCUT2D eigenvalue weighted by Crippen LogP contribution is 2.11. The first kappa shape index (κ1) is 20.5. The van der Waals surface area contributed by atoms with Gasteiger partial charge in [0.1, 0.15) is 12.4 Å². The molecule has 1 amide bonds. The van der Waals surface area contributed by atoms with E-state index in [1.165, 1.54) is 0 Å². The van der Waals surface area contributed by atoms with Crippen LogP contribution in [0.2, 0.25) is 0 Å². The maximum Gasteiger partial charge on any atom is 0.321 e. The van der Waals surface area contributed by atoms with Crippen molar-refractivity contribution in [3.8, 4) is 0 Å². The molecule has 0 aromatic heterocycles. The molecule has 2 aromatic carbocycles. The van der Waals surface area contributed by atoms with Gasteiger partial charge in [0, 0.05) is 0 Å². The monoisotopic (exact) mass is 394 g/mol. The maximum atomic E-state index is 12.8. The van der Waals surface area contributed by atoms with Gasteiger partial charge < -0.3 is 10.1 Å². The molecule has 0 saturated heterocycles. The fourth-order valence-electron chi connectivity index (χ4n) is 2.16. The van der Waals surface area contributed by atoms with Crippen LogP contribution in [0.15, 0.2) is 59.5 Å². The van der Waals surface area contributed by atoms with Gasteiger partial charge in [0.2, 0.25) is 10.0 Å². The molecule has 0 radical (unpaired) electrons. The summed E-state index contributed by atoms with van der Waals surface area (Å²) < 4.78 is 43.6. The summed E-state index contributed by atoms with van der Waals surface area (Å²) in [6.45, 7) is 0.599. The van der Waals surface area contributed by atoms with Crippen molar-refractivity contribution in [3.63, 3.8) is 0 Å². The van der Waals surface area contributed by atoms with E-state index in [4.69, 9.17) is 4.74 Å². The van der Waals surface area contributed by atoms with Crippen molar-refractivity contribution >= 4 is 21.9 Å². The number of sulfonamides is 1. The summed E-state index contributed by atoms with van der Waals surface area (Å²) in [7, 11) is -3.98. The Morgan fingerprint density at radius 3 is 2.33 bits per heavy atom. The number of benzene rings is 2. The summed E-state index contributed by atoms with van der Waals surface area (Å²) in [5.41, 5.74) is 0.893. The highest BCUT2D eigenvalue weighted by Gasteiger charge is 2.17. The van der Waals surface area contributed by atoms with E-state index >= 15 is 0 Å². The Bertz CT molecular complexity index is 886. The van der Waals surface area contributed by atoms with E-state index in [9.17, 15) is 22.4 Å². The van der Waals surface area contributed by atoms with Crippen molar-refractivity contribution in [2.24, 2.45) is 0 Å². The van der Waals surface area contributed by atoms with Gasteiger partial charge in [-0.25, -0.2) is 12.8 Å². The van der Waals surface area contributed by atoms with Crippen LogP contribution in [0, 0.1) is 5.82 Å². The maximum absolute atomic E-state index is 12.8. The van der Waals surface area contributed by atoms with Gasteiger partial charge in [-0.15, -0.1) is 0 Å². The van der Waals surface area contributed by atoms with Gasteiger partial charge in [-0.3, -0.25) is 9.59 Å². The first-order chi connectivity index (χ1) is 12.8. The Kier molecular flexibility index (Phi) is 7.03. The van der Waals surface area contributed by atoms with Crippen LogP contribution in [0.3, 0.4) is 0 Å². The number of nitrogens with one attached hydrogen (secondary N) is 2. The Labute approximate surface area is 156 Å². The third kappa shape index (κ3) is 6.46. The number of esters is 1. The van der Waals surface area contributed by atoms with Crippen molar-refractivity contribution in [2.75, 3.05) is 13.2 Å². The van der Waals surface area contributed by atoms with Gasteiger partial charge in [0.15, 0.2) is 6.61 Å². The zero-order valence-corrected chi connectivity index (χ0v) is 15.3. The van der Waals surface area contributed by atoms with Crippen LogP contribution in [0.25, 0.3) is 0 Å². The molecule has 7 nitrogen and oxygen atoms in total. The second-order valence-corrected chi connectivity index (χ2v) is 7.41. The van der Waals surface area contributed by atoms with E-state index in [0.29, 0.717) is 0 Å². The van der Waals surface area contributed by atoms with Crippen LogP contribution in [0.4, 0.5) is 4.39 Å². The van der Waals surface area contributed by atoms with Gasteiger partial charge >= 0.3 is 5.97 Å². The number of hydrogen-bond acceptors (Lipinski definition) is 5. The number of hydrogen-bond donors (Lipinski definition) is 2. The molecular formula is C18H19FN2O5S. The average Bonchev–Trinajstić information content (AvgIpc) is 2.66. The minimum atomic E-state index is -3.98. The first-order valence-corrected chi connectivity index (χ1v) is 9.51. The van der Waals surface area contributed by atoms with Crippen molar-refractivity contribution < 1.29 is 27.1 Å². The molecule has 0 aliphatic carbocycles. The summed E-state index contributed by atoms with van der Waals surface area (Å²) in [5.74, 6) is -2.01. The van der Waals surface area contributed by atoms with E-state index < -0.39 is 40.9 Å². The normalized spacial score (nSPS) is 12.2. The lowest BCUT2D eigenvalue weighted by Gasteiger charge is -2.14. The SMILES string of the molecule is C[C@@H](NC(=O)COC(=O)CNS(=O)(=O)c1ccc(F)cc1)c1ccccc1. The predicted molar refractivity (Wildman–Crippen MR) is 95.5 cm³/mol. The Hall–Kier alpha value is -2.78. The lowest BCUT2D eigenvalue weighted by molar-refractivity contribution is -0.147. The smallest absolute Gasteiger partial charge is 0.321 e. The third-order valence-electron chi connectivity index (χ3n) is 3.57. The molecule has 2 rings (SSSR count).